The number of rotatable bonds is 8. The van der Waals surface area contributed by atoms with Gasteiger partial charge in [-0.05, 0) is 117 Å². The lowest BCUT2D eigenvalue weighted by Crippen LogP contribution is -2.35. The molecule has 15 aromatic rings. The van der Waals surface area contributed by atoms with E-state index in [1.165, 1.54) is 12.1 Å². The van der Waals surface area contributed by atoms with Crippen molar-refractivity contribution in [2.75, 3.05) is 0 Å². The monoisotopic (exact) mass is 1010 g/mol. The Morgan fingerprint density at radius 2 is 0.513 bits per heavy atom. The summed E-state index contributed by atoms with van der Waals surface area (Å²) in [7, 11) is 0. The molecule has 4 heterocycles. The molecule has 78 heavy (non-hydrogen) atoms. The number of aromatic nitrogens is 4. The van der Waals surface area contributed by atoms with Crippen molar-refractivity contribution >= 4 is 87.2 Å². The third-order valence-electron chi connectivity index (χ3n) is 16.8. The van der Waals surface area contributed by atoms with E-state index in [0.29, 0.717) is 11.1 Å². The van der Waals surface area contributed by atoms with Crippen molar-refractivity contribution < 1.29 is 8.78 Å². The van der Waals surface area contributed by atoms with Gasteiger partial charge in [0, 0.05) is 81.8 Å². The molecule has 0 aliphatic carbocycles. The van der Waals surface area contributed by atoms with Crippen molar-refractivity contribution in [2.45, 2.75) is 38.8 Å². The third kappa shape index (κ3) is 6.43. The molecule has 374 valence electrons. The highest BCUT2D eigenvalue weighted by molar-refractivity contribution is 6.15. The Labute approximate surface area is 449 Å². The van der Waals surface area contributed by atoms with Gasteiger partial charge < -0.3 is 18.3 Å². The molecular weight excluding hydrogens is 959 g/mol. The Morgan fingerprint density at radius 1 is 0.269 bits per heavy atom. The van der Waals surface area contributed by atoms with E-state index in [0.717, 1.165) is 121 Å². The first-order chi connectivity index (χ1) is 38.1. The molecule has 4 aromatic heterocycles. The molecule has 11 aromatic carbocycles. The van der Waals surface area contributed by atoms with E-state index in [2.05, 4.69) is 252 Å². The van der Waals surface area contributed by atoms with Crippen LogP contribution in [0.5, 0.6) is 0 Å². The molecule has 0 saturated heterocycles. The van der Waals surface area contributed by atoms with Crippen LogP contribution in [0.3, 0.4) is 0 Å². The molecule has 0 fully saturated rings. The number of hydrogen-bond donors (Lipinski definition) is 0. The summed E-state index contributed by atoms with van der Waals surface area (Å²) in [6, 6.07) is 83.6. The van der Waals surface area contributed by atoms with Gasteiger partial charge in [0.25, 0.3) is 0 Å². The Kier molecular flexibility index (Phi) is 9.99. The minimum Gasteiger partial charge on any atom is -0.331 e. The fourth-order valence-corrected chi connectivity index (χ4v) is 13.8. The van der Waals surface area contributed by atoms with Crippen molar-refractivity contribution in [3.63, 3.8) is 0 Å². The highest BCUT2D eigenvalue weighted by atomic mass is 19.1. The second-order valence-electron chi connectivity index (χ2n) is 21.8. The number of para-hydroxylation sites is 8. The Morgan fingerprint density at radius 3 is 0.795 bits per heavy atom. The highest BCUT2D eigenvalue weighted by Gasteiger charge is 2.44. The lowest BCUT2D eigenvalue weighted by atomic mass is 9.74. The van der Waals surface area contributed by atoms with E-state index in [4.69, 9.17) is 0 Å². The summed E-state index contributed by atoms with van der Waals surface area (Å²) in [6.45, 7) is 9.29. The van der Waals surface area contributed by atoms with E-state index in [-0.39, 0.29) is 11.6 Å². The number of halogens is 2. The molecule has 0 spiro atoms. The molecule has 0 unspecified atom stereocenters. The summed E-state index contributed by atoms with van der Waals surface area (Å²) in [6.07, 6.45) is 0. The van der Waals surface area contributed by atoms with Crippen molar-refractivity contribution in [1.82, 2.24) is 18.3 Å². The Bertz CT molecular complexity index is 4560. The summed E-state index contributed by atoms with van der Waals surface area (Å²) in [5.74, 6) is -0.716. The van der Waals surface area contributed by atoms with E-state index in [1.807, 2.05) is 12.1 Å². The van der Waals surface area contributed by atoms with Crippen molar-refractivity contribution in [1.29, 1.82) is 0 Å². The smallest absolute Gasteiger partial charge is 0.123 e. The zero-order valence-electron chi connectivity index (χ0n) is 43.6. The molecule has 6 heteroatoms. The normalized spacial score (nSPS) is 12.5. The largest absolute Gasteiger partial charge is 0.331 e. The predicted octanol–water partition coefficient (Wildman–Crippen LogP) is 19.3. The molecule has 0 aliphatic heterocycles. The van der Waals surface area contributed by atoms with Gasteiger partial charge in [-0.15, -0.1) is 0 Å². The van der Waals surface area contributed by atoms with Crippen LogP contribution in [0.2, 0.25) is 0 Å². The molecule has 15 rings (SSSR count). The number of benzene rings is 11. The molecule has 0 amide bonds. The minimum absolute atomic E-state index is 0.358. The van der Waals surface area contributed by atoms with E-state index in [9.17, 15) is 0 Å². The molecule has 0 saturated carbocycles. The maximum Gasteiger partial charge on any atom is 0.123 e. The van der Waals surface area contributed by atoms with E-state index in [1.54, 1.807) is 12.1 Å². The zero-order chi connectivity index (χ0) is 52.6. The fourth-order valence-electron chi connectivity index (χ4n) is 13.8. The van der Waals surface area contributed by atoms with Crippen LogP contribution in [-0.2, 0) is 11.1 Å². The second-order valence-corrected chi connectivity index (χ2v) is 21.8. The highest BCUT2D eigenvalue weighted by Crippen LogP contribution is 2.57. The Balaban J connectivity index is 1.31. The summed E-state index contributed by atoms with van der Waals surface area (Å²) in [4.78, 5) is 0. The predicted molar refractivity (Wildman–Crippen MR) is 322 cm³/mol. The third-order valence-corrected chi connectivity index (χ3v) is 16.8. The van der Waals surface area contributed by atoms with Gasteiger partial charge in [0.1, 0.15) is 11.6 Å². The average Bonchev–Trinajstić information content (AvgIpc) is 4.21. The molecule has 0 aliphatic rings. The van der Waals surface area contributed by atoms with Gasteiger partial charge in [0.2, 0.25) is 0 Å². The lowest BCUT2D eigenvalue weighted by molar-refractivity contribution is 0.455. The molecular formula is C72H52F2N4. The SMILES string of the molecule is CC(C)(c1c(-c2cccc(F)c2)c(-n2c3ccccc3c3ccccc32)c(C(C)(C)n2c3ccccc3c3ccccc32)c(-n2c3ccccc3c3ccccc32)c1-c1cccc(F)c1)n1c2ccccc2c2ccccc21. The van der Waals surface area contributed by atoms with Gasteiger partial charge in [0.15, 0.2) is 0 Å². The van der Waals surface area contributed by atoms with Gasteiger partial charge in [-0.3, -0.25) is 0 Å². The van der Waals surface area contributed by atoms with Crippen molar-refractivity contribution in [3.05, 3.63) is 265 Å². The number of nitrogens with zero attached hydrogens (tertiary/aromatic N) is 4. The molecule has 0 radical (unpaired) electrons. The first-order valence-electron chi connectivity index (χ1n) is 26.8. The van der Waals surface area contributed by atoms with Gasteiger partial charge in [0.05, 0.1) is 44.5 Å². The summed E-state index contributed by atoms with van der Waals surface area (Å²) in [5, 5.41) is 8.88. The summed E-state index contributed by atoms with van der Waals surface area (Å²) >= 11 is 0. The van der Waals surface area contributed by atoms with Crippen LogP contribution in [-0.4, -0.2) is 18.3 Å². The Hall–Kier alpha value is -9.52. The van der Waals surface area contributed by atoms with Crippen LogP contribution in [0, 0.1) is 11.6 Å². The lowest BCUT2D eigenvalue weighted by Gasteiger charge is -2.41. The van der Waals surface area contributed by atoms with Gasteiger partial charge in [-0.2, -0.15) is 0 Å². The van der Waals surface area contributed by atoms with E-state index < -0.39 is 11.1 Å². The van der Waals surface area contributed by atoms with Crippen LogP contribution in [0.15, 0.2) is 243 Å². The fraction of sp³-hybridized carbons (Fsp3) is 0.0833. The van der Waals surface area contributed by atoms with E-state index >= 15 is 8.78 Å². The molecule has 4 nitrogen and oxygen atoms in total. The number of fused-ring (bicyclic) bond motifs is 12. The van der Waals surface area contributed by atoms with Crippen LogP contribution < -0.4 is 0 Å². The van der Waals surface area contributed by atoms with Gasteiger partial charge in [-0.1, -0.05) is 170 Å². The van der Waals surface area contributed by atoms with Crippen LogP contribution in [0.1, 0.15) is 38.8 Å². The van der Waals surface area contributed by atoms with Gasteiger partial charge >= 0.3 is 0 Å². The van der Waals surface area contributed by atoms with Crippen molar-refractivity contribution in [2.24, 2.45) is 0 Å². The van der Waals surface area contributed by atoms with Gasteiger partial charge in [-0.25, -0.2) is 8.78 Å². The minimum atomic E-state index is -0.984. The first-order valence-corrected chi connectivity index (χ1v) is 26.8. The van der Waals surface area contributed by atoms with Crippen LogP contribution in [0.25, 0.3) is 121 Å². The molecule has 0 atom stereocenters. The standard InChI is InChI=1S/C72H52F2N4/c1-71(2,77-61-39-17-9-31-53(61)54-32-10-18-40-62(54)77)67-65(45-23-21-25-47(73)43-45)69(75-57-35-13-5-27-49(57)50-28-6-14-36-58(50)75)68(72(3,4)78-63-41-19-11-33-55(63)56-34-12-20-42-64(56)78)70(66(67)46-24-22-26-48(74)44-46)76-59-37-15-7-29-51(59)52-30-8-16-38-60(52)76/h5-44H,1-4H3. The quantitative estimate of drug-likeness (QED) is 0.145. The topological polar surface area (TPSA) is 19.7 Å². The van der Waals surface area contributed by atoms with Crippen LogP contribution >= 0.6 is 0 Å². The molecule has 0 bridgehead atoms. The average molecular weight is 1010 g/mol. The second kappa shape index (κ2) is 17.0. The zero-order valence-corrected chi connectivity index (χ0v) is 43.6. The van der Waals surface area contributed by atoms with Crippen molar-refractivity contribution in [3.8, 4) is 33.6 Å². The molecule has 0 N–H and O–H groups in total. The maximum atomic E-state index is 16.9. The summed E-state index contributed by atoms with van der Waals surface area (Å²) < 4.78 is 43.8. The maximum absolute atomic E-state index is 16.9. The number of hydrogen-bond acceptors (Lipinski definition) is 0. The first kappa shape index (κ1) is 45.8. The van der Waals surface area contributed by atoms with Crippen LogP contribution in [0.4, 0.5) is 8.78 Å². The summed E-state index contributed by atoms with van der Waals surface area (Å²) in [5.41, 5.74) is 13.0.